The highest BCUT2D eigenvalue weighted by atomic mass is 32.2. The van der Waals surface area contributed by atoms with Crippen LogP contribution in [0.1, 0.15) is 12.8 Å². The first-order chi connectivity index (χ1) is 14.0. The van der Waals surface area contributed by atoms with Crippen LogP contribution in [0.15, 0.2) is 28.1 Å². The Morgan fingerprint density at radius 2 is 2.00 bits per heavy atom. The molecule has 0 N–H and O–H groups in total. The molecule has 2 aromatic rings. The maximum absolute atomic E-state index is 12.8. The van der Waals surface area contributed by atoms with Crippen molar-refractivity contribution in [3.63, 3.8) is 0 Å². The monoisotopic (exact) mass is 475 g/mol. The number of nitrogens with zero attached hydrogens (tertiary/aromatic N) is 3. The summed E-state index contributed by atoms with van der Waals surface area (Å²) in [4.78, 5) is 17.8. The summed E-state index contributed by atoms with van der Waals surface area (Å²) < 4.78 is 56.4. The fourth-order valence-electron chi connectivity index (χ4n) is 3.40. The zero-order valence-electron chi connectivity index (χ0n) is 17.1. The number of hydrogen-bond acceptors (Lipinski definition) is 7. The highest BCUT2D eigenvalue weighted by Gasteiger charge is 2.30. The number of aromatic nitrogens is 1. The Hall–Kier alpha value is -1.60. The van der Waals surface area contributed by atoms with E-state index in [0.29, 0.717) is 42.0 Å². The lowest BCUT2D eigenvalue weighted by Gasteiger charge is -2.28. The number of amides is 1. The molecule has 12 heteroatoms. The van der Waals surface area contributed by atoms with Crippen molar-refractivity contribution in [2.45, 2.75) is 24.3 Å². The Morgan fingerprint density at radius 1 is 1.27 bits per heavy atom. The van der Waals surface area contributed by atoms with E-state index in [1.807, 2.05) is 4.57 Å². The first kappa shape index (κ1) is 23.1. The average Bonchev–Trinajstić information content (AvgIpc) is 3.01. The third-order valence-corrected chi connectivity index (χ3v) is 8.43. The van der Waals surface area contributed by atoms with Crippen molar-refractivity contribution >= 4 is 47.3 Å². The molecular weight excluding hydrogens is 450 g/mol. The number of methoxy groups -OCH3 is 1. The van der Waals surface area contributed by atoms with Gasteiger partial charge in [0.25, 0.3) is 5.91 Å². The van der Waals surface area contributed by atoms with Crippen LogP contribution in [0.2, 0.25) is 0 Å². The van der Waals surface area contributed by atoms with Gasteiger partial charge in [-0.1, -0.05) is 11.3 Å². The molecule has 1 saturated heterocycles. The van der Waals surface area contributed by atoms with Gasteiger partial charge in [0.1, 0.15) is 0 Å². The number of benzene rings is 1. The van der Waals surface area contributed by atoms with Crippen molar-refractivity contribution < 1.29 is 26.4 Å². The predicted octanol–water partition coefficient (Wildman–Crippen LogP) is 0.852. The van der Waals surface area contributed by atoms with Crippen LogP contribution >= 0.6 is 11.3 Å². The van der Waals surface area contributed by atoms with Gasteiger partial charge in [0.15, 0.2) is 14.6 Å². The quantitative estimate of drug-likeness (QED) is 0.612. The van der Waals surface area contributed by atoms with Gasteiger partial charge in [-0.2, -0.15) is 4.99 Å². The Morgan fingerprint density at radius 3 is 2.63 bits per heavy atom. The summed E-state index contributed by atoms with van der Waals surface area (Å²) in [6, 6.07) is 4.81. The zero-order valence-corrected chi connectivity index (χ0v) is 19.5. The minimum atomic E-state index is -3.36. The summed E-state index contributed by atoms with van der Waals surface area (Å²) in [5, 5.41) is 0. The normalized spacial score (nSPS) is 19.4. The molecule has 1 amide bonds. The van der Waals surface area contributed by atoms with Crippen LogP contribution in [-0.4, -0.2) is 70.9 Å². The molecule has 0 spiro atoms. The van der Waals surface area contributed by atoms with Crippen molar-refractivity contribution in [2.75, 3.05) is 39.3 Å². The van der Waals surface area contributed by atoms with Crippen molar-refractivity contribution in [1.29, 1.82) is 0 Å². The molecule has 1 fully saturated rings. The summed E-state index contributed by atoms with van der Waals surface area (Å²) in [7, 11) is -5.15. The number of fused-ring (bicyclic) bond motifs is 1. The molecule has 1 aromatic carbocycles. The van der Waals surface area contributed by atoms with E-state index >= 15 is 0 Å². The summed E-state index contributed by atoms with van der Waals surface area (Å²) in [6.45, 7) is 1.38. The predicted molar refractivity (Wildman–Crippen MR) is 115 cm³/mol. The Kier molecular flexibility index (Phi) is 6.82. The van der Waals surface area contributed by atoms with Gasteiger partial charge in [-0.3, -0.25) is 4.79 Å². The molecule has 0 radical (unpaired) electrons. The lowest BCUT2D eigenvalue weighted by molar-refractivity contribution is -0.122. The second-order valence-electron chi connectivity index (χ2n) is 7.34. The summed E-state index contributed by atoms with van der Waals surface area (Å²) >= 11 is 1.23. The molecule has 0 aliphatic carbocycles. The van der Waals surface area contributed by atoms with Crippen molar-refractivity contribution in [3.05, 3.63) is 23.0 Å². The van der Waals surface area contributed by atoms with Crippen LogP contribution in [0, 0.1) is 5.92 Å². The average molecular weight is 476 g/mol. The number of hydrogen-bond donors (Lipinski definition) is 0. The minimum absolute atomic E-state index is 0.127. The molecule has 0 bridgehead atoms. The maximum atomic E-state index is 12.8. The molecule has 0 saturated carbocycles. The van der Waals surface area contributed by atoms with E-state index in [4.69, 9.17) is 4.74 Å². The van der Waals surface area contributed by atoms with Crippen LogP contribution in [0.5, 0.6) is 0 Å². The molecule has 9 nitrogen and oxygen atoms in total. The number of ether oxygens (including phenoxy) is 1. The zero-order chi connectivity index (χ0) is 22.1. The fourth-order valence-corrected chi connectivity index (χ4v) is 6.13. The smallest absolute Gasteiger partial charge is 0.252 e. The van der Waals surface area contributed by atoms with Crippen molar-refractivity contribution in [1.82, 2.24) is 8.87 Å². The van der Waals surface area contributed by atoms with E-state index < -0.39 is 25.8 Å². The van der Waals surface area contributed by atoms with Gasteiger partial charge >= 0.3 is 0 Å². The van der Waals surface area contributed by atoms with Crippen LogP contribution in [0.25, 0.3) is 10.2 Å². The number of sulfone groups is 1. The van der Waals surface area contributed by atoms with E-state index in [-0.39, 0.29) is 17.3 Å². The third-order valence-electron chi connectivity index (χ3n) is 5.01. The maximum Gasteiger partial charge on any atom is 0.252 e. The van der Waals surface area contributed by atoms with Gasteiger partial charge in [0.05, 0.1) is 33.9 Å². The number of sulfonamides is 1. The first-order valence-corrected chi connectivity index (χ1v) is 13.9. The van der Waals surface area contributed by atoms with Gasteiger partial charge < -0.3 is 9.30 Å². The van der Waals surface area contributed by atoms with Gasteiger partial charge in [0.2, 0.25) is 10.0 Å². The van der Waals surface area contributed by atoms with E-state index in [9.17, 15) is 21.6 Å². The summed E-state index contributed by atoms with van der Waals surface area (Å²) in [5.41, 5.74) is 0.761. The fraction of sp³-hybridized carbons (Fsp3) is 0.556. The largest absolute Gasteiger partial charge is 0.383 e. The van der Waals surface area contributed by atoms with E-state index in [1.54, 1.807) is 19.2 Å². The Balaban J connectivity index is 2.02. The highest BCUT2D eigenvalue weighted by molar-refractivity contribution is 7.90. The second-order valence-corrected chi connectivity index (χ2v) is 12.3. The second kappa shape index (κ2) is 8.87. The van der Waals surface area contributed by atoms with Crippen molar-refractivity contribution in [3.8, 4) is 0 Å². The lowest BCUT2D eigenvalue weighted by Crippen LogP contribution is -2.41. The highest BCUT2D eigenvalue weighted by Crippen LogP contribution is 2.23. The number of carbonyl (C=O) groups excluding carboxylic acids is 1. The van der Waals surface area contributed by atoms with E-state index in [1.165, 1.54) is 21.7 Å². The van der Waals surface area contributed by atoms with Crippen LogP contribution in [-0.2, 0) is 35.9 Å². The Bertz CT molecular complexity index is 1230. The molecule has 1 aliphatic rings. The van der Waals surface area contributed by atoms with Crippen LogP contribution < -0.4 is 4.80 Å². The molecule has 1 aromatic heterocycles. The molecule has 1 unspecified atom stereocenters. The molecule has 2 heterocycles. The van der Waals surface area contributed by atoms with Crippen LogP contribution in [0.3, 0.4) is 0 Å². The topological polar surface area (TPSA) is 115 Å². The van der Waals surface area contributed by atoms with Crippen molar-refractivity contribution in [2.24, 2.45) is 10.9 Å². The number of piperidine rings is 1. The molecule has 1 atom stereocenters. The summed E-state index contributed by atoms with van der Waals surface area (Å²) in [5.74, 6) is -0.870. The van der Waals surface area contributed by atoms with Crippen LogP contribution in [0.4, 0.5) is 0 Å². The SMILES string of the molecule is COCCn1c(=NC(=O)C2CCCN(S(C)(=O)=O)C2)sc2cc(S(C)(=O)=O)ccc21. The Labute approximate surface area is 180 Å². The number of carbonyl (C=O) groups is 1. The third kappa shape index (κ3) is 5.17. The van der Waals surface area contributed by atoms with Gasteiger partial charge in [-0.05, 0) is 31.0 Å². The van der Waals surface area contributed by atoms with E-state index in [2.05, 4.69) is 4.99 Å². The number of rotatable bonds is 6. The molecule has 30 heavy (non-hydrogen) atoms. The lowest BCUT2D eigenvalue weighted by atomic mass is 9.99. The molecule has 166 valence electrons. The van der Waals surface area contributed by atoms with Gasteiger partial charge in [-0.25, -0.2) is 21.1 Å². The van der Waals surface area contributed by atoms with Gasteiger partial charge in [-0.15, -0.1) is 0 Å². The van der Waals surface area contributed by atoms with E-state index in [0.717, 1.165) is 18.0 Å². The molecular formula is C18H25N3O6S3. The molecule has 1 aliphatic heterocycles. The molecule has 3 rings (SSSR count). The van der Waals surface area contributed by atoms with Gasteiger partial charge in [0, 0.05) is 33.0 Å². The standard InChI is InChI=1S/C18H25N3O6S3/c1-27-10-9-21-15-7-6-14(29(2,23)24)11-16(15)28-18(21)19-17(22)13-5-4-8-20(12-13)30(3,25)26/h6-7,11,13H,4-5,8-10,12H2,1-3H3. The summed E-state index contributed by atoms with van der Waals surface area (Å²) in [6.07, 6.45) is 3.47. The first-order valence-electron chi connectivity index (χ1n) is 9.37. The minimum Gasteiger partial charge on any atom is -0.383 e. The number of thiazole rings is 1.